The zero-order chi connectivity index (χ0) is 18.4. The Bertz CT molecular complexity index is 755. The highest BCUT2D eigenvalue weighted by molar-refractivity contribution is 5.94. The second kappa shape index (κ2) is 8.38. The van der Waals surface area contributed by atoms with E-state index in [2.05, 4.69) is 0 Å². The van der Waals surface area contributed by atoms with Gasteiger partial charge in [-0.1, -0.05) is 24.3 Å². The summed E-state index contributed by atoms with van der Waals surface area (Å²) in [6, 6.07) is 15.7. The third kappa shape index (κ3) is 4.53. The van der Waals surface area contributed by atoms with Gasteiger partial charge in [0.25, 0.3) is 5.91 Å². The average Bonchev–Trinajstić information content (AvgIpc) is 2.68. The molecule has 3 rings (SSSR count). The van der Waals surface area contributed by atoms with E-state index in [-0.39, 0.29) is 30.6 Å². The summed E-state index contributed by atoms with van der Waals surface area (Å²) in [5, 5.41) is 9.39. The summed E-state index contributed by atoms with van der Waals surface area (Å²) in [7, 11) is 0. The number of amides is 2. The molecule has 26 heavy (non-hydrogen) atoms. The van der Waals surface area contributed by atoms with Crippen LogP contribution in [0.1, 0.15) is 16.8 Å². The van der Waals surface area contributed by atoms with Gasteiger partial charge in [0.2, 0.25) is 5.91 Å². The number of carbonyl (C=O) groups is 2. The molecule has 1 heterocycles. The van der Waals surface area contributed by atoms with Crippen molar-refractivity contribution in [1.29, 1.82) is 0 Å². The van der Waals surface area contributed by atoms with Gasteiger partial charge in [-0.2, -0.15) is 0 Å². The summed E-state index contributed by atoms with van der Waals surface area (Å²) in [5.41, 5.74) is 0.673. The van der Waals surface area contributed by atoms with Crippen LogP contribution >= 0.6 is 0 Å². The van der Waals surface area contributed by atoms with Gasteiger partial charge in [0.15, 0.2) is 0 Å². The molecular weight excluding hydrogens is 332 g/mol. The summed E-state index contributed by atoms with van der Waals surface area (Å²) in [5.74, 6) is 0.686. The van der Waals surface area contributed by atoms with Crippen LogP contribution in [0.2, 0.25) is 0 Å². The molecule has 2 aromatic rings. The van der Waals surface area contributed by atoms with E-state index in [1.165, 1.54) is 6.07 Å². The van der Waals surface area contributed by atoms with Crippen LogP contribution in [-0.2, 0) is 4.79 Å². The SMILES string of the molecule is O=C(CCOc1cccc(O)c1)N1CCN(C(=O)c2ccccc2)CC1. The van der Waals surface area contributed by atoms with Crippen LogP contribution in [0.4, 0.5) is 0 Å². The predicted octanol–water partition coefficient (Wildman–Crippen LogP) is 2.15. The zero-order valence-corrected chi connectivity index (χ0v) is 14.5. The number of piperazine rings is 1. The molecule has 0 radical (unpaired) electrons. The Morgan fingerprint density at radius 1 is 0.923 bits per heavy atom. The average molecular weight is 354 g/mol. The number of aromatic hydroxyl groups is 1. The van der Waals surface area contributed by atoms with Crippen molar-refractivity contribution in [3.8, 4) is 11.5 Å². The molecule has 136 valence electrons. The van der Waals surface area contributed by atoms with E-state index < -0.39 is 0 Å². The van der Waals surface area contributed by atoms with Crippen molar-refractivity contribution >= 4 is 11.8 Å². The second-order valence-corrected chi connectivity index (χ2v) is 6.13. The Kier molecular flexibility index (Phi) is 5.73. The van der Waals surface area contributed by atoms with Crippen molar-refractivity contribution in [1.82, 2.24) is 9.80 Å². The molecule has 6 heteroatoms. The first-order valence-corrected chi connectivity index (χ1v) is 8.67. The maximum Gasteiger partial charge on any atom is 0.253 e. The van der Waals surface area contributed by atoms with Crippen molar-refractivity contribution in [2.45, 2.75) is 6.42 Å². The van der Waals surface area contributed by atoms with Crippen LogP contribution < -0.4 is 4.74 Å². The molecule has 1 fully saturated rings. The molecular formula is C20H22N2O4. The molecule has 0 aromatic heterocycles. The number of benzene rings is 2. The third-order valence-corrected chi connectivity index (χ3v) is 4.34. The molecule has 6 nitrogen and oxygen atoms in total. The van der Waals surface area contributed by atoms with Crippen molar-refractivity contribution in [3.05, 3.63) is 60.2 Å². The lowest BCUT2D eigenvalue weighted by Crippen LogP contribution is -2.50. The number of hydrogen-bond donors (Lipinski definition) is 1. The van der Waals surface area contributed by atoms with E-state index in [0.717, 1.165) is 0 Å². The number of nitrogens with zero attached hydrogens (tertiary/aromatic N) is 2. The quantitative estimate of drug-likeness (QED) is 0.893. The minimum Gasteiger partial charge on any atom is -0.508 e. The highest BCUT2D eigenvalue weighted by atomic mass is 16.5. The highest BCUT2D eigenvalue weighted by Crippen LogP contribution is 2.18. The Balaban J connectivity index is 1.43. The molecule has 0 saturated carbocycles. The molecule has 1 saturated heterocycles. The topological polar surface area (TPSA) is 70.1 Å². The molecule has 0 unspecified atom stereocenters. The lowest BCUT2D eigenvalue weighted by atomic mass is 10.2. The number of phenols is 1. The fourth-order valence-corrected chi connectivity index (χ4v) is 2.91. The molecule has 0 atom stereocenters. The summed E-state index contributed by atoms with van der Waals surface area (Å²) < 4.78 is 5.49. The van der Waals surface area contributed by atoms with Crippen LogP contribution in [0.25, 0.3) is 0 Å². The van der Waals surface area contributed by atoms with Gasteiger partial charge in [-0.15, -0.1) is 0 Å². The van der Waals surface area contributed by atoms with Gasteiger partial charge >= 0.3 is 0 Å². The predicted molar refractivity (Wildman–Crippen MR) is 97.1 cm³/mol. The first kappa shape index (κ1) is 17.8. The number of phenolic OH excluding ortho intramolecular Hbond substituents is 1. The van der Waals surface area contributed by atoms with Crippen LogP contribution in [0.5, 0.6) is 11.5 Å². The van der Waals surface area contributed by atoms with E-state index in [9.17, 15) is 14.7 Å². The van der Waals surface area contributed by atoms with Gasteiger partial charge in [-0.25, -0.2) is 0 Å². The van der Waals surface area contributed by atoms with E-state index >= 15 is 0 Å². The minimum atomic E-state index is 0.00455. The molecule has 1 aliphatic heterocycles. The first-order chi connectivity index (χ1) is 12.6. The lowest BCUT2D eigenvalue weighted by Gasteiger charge is -2.34. The van der Waals surface area contributed by atoms with E-state index in [1.807, 2.05) is 18.2 Å². The van der Waals surface area contributed by atoms with E-state index in [1.54, 1.807) is 40.1 Å². The Morgan fingerprint density at radius 2 is 1.62 bits per heavy atom. The highest BCUT2D eigenvalue weighted by Gasteiger charge is 2.24. The van der Waals surface area contributed by atoms with E-state index in [0.29, 0.717) is 37.5 Å². The second-order valence-electron chi connectivity index (χ2n) is 6.13. The normalized spacial score (nSPS) is 14.2. The van der Waals surface area contributed by atoms with Gasteiger partial charge < -0.3 is 19.6 Å². The van der Waals surface area contributed by atoms with E-state index in [4.69, 9.17) is 4.74 Å². The fourth-order valence-electron chi connectivity index (χ4n) is 2.91. The number of hydrogen-bond acceptors (Lipinski definition) is 4. The summed E-state index contributed by atoms with van der Waals surface area (Å²) >= 11 is 0. The van der Waals surface area contributed by atoms with Crippen molar-refractivity contribution in [2.75, 3.05) is 32.8 Å². The van der Waals surface area contributed by atoms with Gasteiger partial charge in [0, 0.05) is 37.8 Å². The third-order valence-electron chi connectivity index (χ3n) is 4.34. The van der Waals surface area contributed by atoms with Crippen LogP contribution in [0, 0.1) is 0 Å². The molecule has 0 aliphatic carbocycles. The van der Waals surface area contributed by atoms with Gasteiger partial charge in [-0.3, -0.25) is 9.59 Å². The minimum absolute atomic E-state index is 0.00455. The molecule has 0 bridgehead atoms. The Hall–Kier alpha value is -3.02. The summed E-state index contributed by atoms with van der Waals surface area (Å²) in [4.78, 5) is 28.3. The summed E-state index contributed by atoms with van der Waals surface area (Å²) in [6.07, 6.45) is 0.266. The largest absolute Gasteiger partial charge is 0.508 e. The van der Waals surface area contributed by atoms with Crippen LogP contribution in [0.15, 0.2) is 54.6 Å². The maximum atomic E-state index is 12.4. The van der Waals surface area contributed by atoms with Gasteiger partial charge in [0.1, 0.15) is 11.5 Å². The van der Waals surface area contributed by atoms with Crippen molar-refractivity contribution in [3.63, 3.8) is 0 Å². The molecule has 2 aromatic carbocycles. The van der Waals surface area contributed by atoms with Crippen molar-refractivity contribution < 1.29 is 19.4 Å². The molecule has 1 aliphatic rings. The fraction of sp³-hybridized carbons (Fsp3) is 0.300. The first-order valence-electron chi connectivity index (χ1n) is 8.67. The number of carbonyl (C=O) groups excluding carboxylic acids is 2. The maximum absolute atomic E-state index is 12.4. The smallest absolute Gasteiger partial charge is 0.253 e. The Labute approximate surface area is 152 Å². The van der Waals surface area contributed by atoms with Crippen LogP contribution in [-0.4, -0.2) is 59.5 Å². The number of rotatable bonds is 5. The zero-order valence-electron chi connectivity index (χ0n) is 14.5. The molecule has 0 spiro atoms. The van der Waals surface area contributed by atoms with Crippen LogP contribution in [0.3, 0.4) is 0 Å². The lowest BCUT2D eigenvalue weighted by molar-refractivity contribution is -0.133. The van der Waals surface area contributed by atoms with Gasteiger partial charge in [-0.05, 0) is 24.3 Å². The van der Waals surface area contributed by atoms with Gasteiger partial charge in [0.05, 0.1) is 13.0 Å². The van der Waals surface area contributed by atoms with Crippen molar-refractivity contribution in [2.24, 2.45) is 0 Å². The number of ether oxygens (including phenoxy) is 1. The molecule has 1 N–H and O–H groups in total. The standard InChI is InChI=1S/C20H22N2O4/c23-17-7-4-8-18(15-17)26-14-9-19(24)21-10-12-22(13-11-21)20(25)16-5-2-1-3-6-16/h1-8,15,23H,9-14H2. The monoisotopic (exact) mass is 354 g/mol. The summed E-state index contributed by atoms with van der Waals surface area (Å²) in [6.45, 7) is 2.39. The Morgan fingerprint density at radius 3 is 2.31 bits per heavy atom. The molecule has 2 amide bonds.